The predicted molar refractivity (Wildman–Crippen MR) is 111 cm³/mol. The van der Waals surface area contributed by atoms with Gasteiger partial charge in [0.25, 0.3) is 5.91 Å². The van der Waals surface area contributed by atoms with Gasteiger partial charge in [-0.15, -0.1) is 0 Å². The molecule has 0 aliphatic heterocycles. The number of ether oxygens (including phenoxy) is 2. The smallest absolute Gasteiger partial charge is 0.257 e. The first-order chi connectivity index (χ1) is 13.6. The van der Waals surface area contributed by atoms with Crippen molar-refractivity contribution in [1.82, 2.24) is 4.98 Å². The van der Waals surface area contributed by atoms with Crippen molar-refractivity contribution in [3.8, 4) is 11.5 Å². The van der Waals surface area contributed by atoms with Crippen LogP contribution < -0.4 is 20.1 Å². The average molecular weight is 398 g/mol. The van der Waals surface area contributed by atoms with E-state index < -0.39 is 0 Å². The molecule has 0 saturated heterocycles. The Morgan fingerprint density at radius 1 is 1.07 bits per heavy atom. The summed E-state index contributed by atoms with van der Waals surface area (Å²) >= 11 is 6.08. The van der Waals surface area contributed by atoms with Gasteiger partial charge in [0.05, 0.1) is 24.3 Å². The first-order valence-electron chi connectivity index (χ1n) is 8.70. The number of hydrogen-bond acceptors (Lipinski definition) is 5. The molecular formula is C21H20ClN3O3. The van der Waals surface area contributed by atoms with Gasteiger partial charge in [-0.2, -0.15) is 0 Å². The van der Waals surface area contributed by atoms with Gasteiger partial charge >= 0.3 is 0 Å². The molecule has 0 atom stereocenters. The molecular weight excluding hydrogens is 378 g/mol. The van der Waals surface area contributed by atoms with E-state index in [0.29, 0.717) is 34.4 Å². The summed E-state index contributed by atoms with van der Waals surface area (Å²) in [6.07, 6.45) is 1.51. The molecule has 28 heavy (non-hydrogen) atoms. The molecule has 0 saturated carbocycles. The number of nitrogens with one attached hydrogen (secondary N) is 2. The molecule has 0 fully saturated rings. The van der Waals surface area contributed by atoms with E-state index in [2.05, 4.69) is 15.6 Å². The summed E-state index contributed by atoms with van der Waals surface area (Å²) in [5.74, 6) is 1.72. The summed E-state index contributed by atoms with van der Waals surface area (Å²) < 4.78 is 10.5. The van der Waals surface area contributed by atoms with Crippen LogP contribution in [-0.4, -0.2) is 24.6 Å². The molecule has 2 aromatic carbocycles. The van der Waals surface area contributed by atoms with Gasteiger partial charge in [-0.05, 0) is 61.5 Å². The number of carbonyl (C=O) groups excluding carboxylic acids is 1. The number of pyridine rings is 1. The Balaban J connectivity index is 1.63. The predicted octanol–water partition coefficient (Wildman–Crippen LogP) is 5.14. The Bertz CT molecular complexity index is 944. The van der Waals surface area contributed by atoms with E-state index in [1.54, 1.807) is 30.3 Å². The maximum absolute atomic E-state index is 12.4. The molecule has 6 nitrogen and oxygen atoms in total. The van der Waals surface area contributed by atoms with Crippen molar-refractivity contribution in [3.05, 3.63) is 71.4 Å². The van der Waals surface area contributed by atoms with Gasteiger partial charge in [0, 0.05) is 17.6 Å². The van der Waals surface area contributed by atoms with E-state index in [1.807, 2.05) is 31.2 Å². The monoisotopic (exact) mass is 397 g/mol. The first kappa shape index (κ1) is 19.5. The zero-order valence-electron chi connectivity index (χ0n) is 15.5. The summed E-state index contributed by atoms with van der Waals surface area (Å²) in [7, 11) is 1.54. The van der Waals surface area contributed by atoms with Crippen LogP contribution in [0.2, 0.25) is 5.02 Å². The van der Waals surface area contributed by atoms with Crippen molar-refractivity contribution < 1.29 is 14.3 Å². The number of rotatable bonds is 7. The number of anilines is 3. The van der Waals surface area contributed by atoms with Gasteiger partial charge in [-0.1, -0.05) is 11.6 Å². The Kier molecular flexibility index (Phi) is 6.34. The molecule has 144 valence electrons. The van der Waals surface area contributed by atoms with Crippen LogP contribution in [0.5, 0.6) is 11.5 Å². The normalized spacial score (nSPS) is 10.2. The SMILES string of the molecule is CCOc1ccc(Nc2ccc(C(=O)Nc3ccc(OC)c(Cl)c3)cn2)cc1. The quantitative estimate of drug-likeness (QED) is 0.577. The lowest BCUT2D eigenvalue weighted by Crippen LogP contribution is -2.12. The Morgan fingerprint density at radius 2 is 1.82 bits per heavy atom. The van der Waals surface area contributed by atoms with Crippen LogP contribution in [0.1, 0.15) is 17.3 Å². The largest absolute Gasteiger partial charge is 0.495 e. The second kappa shape index (κ2) is 9.10. The van der Waals surface area contributed by atoms with E-state index in [-0.39, 0.29) is 5.91 Å². The number of methoxy groups -OCH3 is 1. The maximum Gasteiger partial charge on any atom is 0.257 e. The Hall–Kier alpha value is -3.25. The van der Waals surface area contributed by atoms with E-state index in [1.165, 1.54) is 13.3 Å². The maximum atomic E-state index is 12.4. The molecule has 0 bridgehead atoms. The van der Waals surface area contributed by atoms with E-state index >= 15 is 0 Å². The van der Waals surface area contributed by atoms with E-state index in [9.17, 15) is 4.79 Å². The minimum absolute atomic E-state index is 0.277. The van der Waals surface area contributed by atoms with Crippen molar-refractivity contribution in [1.29, 1.82) is 0 Å². The number of hydrogen-bond donors (Lipinski definition) is 2. The van der Waals surface area contributed by atoms with Crippen LogP contribution in [0.15, 0.2) is 60.8 Å². The van der Waals surface area contributed by atoms with Crippen molar-refractivity contribution >= 4 is 34.7 Å². The lowest BCUT2D eigenvalue weighted by Gasteiger charge is -2.09. The molecule has 0 unspecified atom stereocenters. The zero-order chi connectivity index (χ0) is 19.9. The first-order valence-corrected chi connectivity index (χ1v) is 9.07. The number of nitrogens with zero attached hydrogens (tertiary/aromatic N) is 1. The number of aromatic nitrogens is 1. The highest BCUT2D eigenvalue weighted by molar-refractivity contribution is 6.32. The summed E-state index contributed by atoms with van der Waals surface area (Å²) in [6, 6.07) is 16.1. The van der Waals surface area contributed by atoms with Gasteiger partial charge in [0.15, 0.2) is 0 Å². The van der Waals surface area contributed by atoms with Gasteiger partial charge in [0.2, 0.25) is 0 Å². The third-order valence-electron chi connectivity index (χ3n) is 3.87. The molecule has 0 aliphatic carbocycles. The topological polar surface area (TPSA) is 72.5 Å². The highest BCUT2D eigenvalue weighted by Crippen LogP contribution is 2.27. The fourth-order valence-electron chi connectivity index (χ4n) is 2.50. The summed E-state index contributed by atoms with van der Waals surface area (Å²) in [6.45, 7) is 2.57. The molecule has 7 heteroatoms. The van der Waals surface area contributed by atoms with Crippen molar-refractivity contribution in [2.75, 3.05) is 24.4 Å². The molecule has 1 aromatic heterocycles. The molecule has 3 rings (SSSR count). The summed E-state index contributed by atoms with van der Waals surface area (Å²) in [5.41, 5.74) is 1.89. The van der Waals surface area contributed by atoms with Crippen molar-refractivity contribution in [3.63, 3.8) is 0 Å². The second-order valence-corrected chi connectivity index (χ2v) is 6.23. The van der Waals surface area contributed by atoms with E-state index in [4.69, 9.17) is 21.1 Å². The standard InChI is InChI=1S/C21H20ClN3O3/c1-3-28-17-8-5-15(6-9-17)24-20-11-4-14(13-23-20)21(26)25-16-7-10-19(27-2)18(22)12-16/h4-13H,3H2,1-2H3,(H,23,24)(H,25,26). The minimum Gasteiger partial charge on any atom is -0.495 e. The average Bonchev–Trinajstić information content (AvgIpc) is 2.70. The number of amides is 1. The molecule has 0 aliphatic rings. The molecule has 1 amide bonds. The van der Waals surface area contributed by atoms with Crippen molar-refractivity contribution in [2.45, 2.75) is 6.92 Å². The lowest BCUT2D eigenvalue weighted by atomic mass is 10.2. The van der Waals surface area contributed by atoms with Gasteiger partial charge in [-0.3, -0.25) is 4.79 Å². The highest BCUT2D eigenvalue weighted by atomic mass is 35.5. The Morgan fingerprint density at radius 3 is 2.43 bits per heavy atom. The third-order valence-corrected chi connectivity index (χ3v) is 4.17. The molecule has 2 N–H and O–H groups in total. The number of benzene rings is 2. The molecule has 3 aromatic rings. The fraction of sp³-hybridized carbons (Fsp3) is 0.143. The molecule has 0 spiro atoms. The van der Waals surface area contributed by atoms with Crippen LogP contribution in [0.4, 0.5) is 17.2 Å². The zero-order valence-corrected chi connectivity index (χ0v) is 16.3. The lowest BCUT2D eigenvalue weighted by molar-refractivity contribution is 0.102. The summed E-state index contributed by atoms with van der Waals surface area (Å²) in [4.78, 5) is 16.7. The van der Waals surface area contributed by atoms with Gasteiger partial charge < -0.3 is 20.1 Å². The molecule has 1 heterocycles. The van der Waals surface area contributed by atoms with Gasteiger partial charge in [0.1, 0.15) is 17.3 Å². The number of halogens is 1. The Labute approximate surface area is 168 Å². The van der Waals surface area contributed by atoms with Crippen LogP contribution in [-0.2, 0) is 0 Å². The van der Waals surface area contributed by atoms with Crippen LogP contribution in [0.3, 0.4) is 0 Å². The van der Waals surface area contributed by atoms with Crippen molar-refractivity contribution in [2.24, 2.45) is 0 Å². The second-order valence-electron chi connectivity index (χ2n) is 5.82. The molecule has 0 radical (unpaired) electrons. The highest BCUT2D eigenvalue weighted by Gasteiger charge is 2.09. The van der Waals surface area contributed by atoms with E-state index in [0.717, 1.165) is 11.4 Å². The minimum atomic E-state index is -0.277. The number of carbonyl (C=O) groups is 1. The van der Waals surface area contributed by atoms with Crippen LogP contribution in [0.25, 0.3) is 0 Å². The van der Waals surface area contributed by atoms with Crippen LogP contribution >= 0.6 is 11.6 Å². The summed E-state index contributed by atoms with van der Waals surface area (Å²) in [5, 5.41) is 6.39. The van der Waals surface area contributed by atoms with Crippen LogP contribution in [0, 0.1) is 0 Å². The third kappa shape index (κ3) is 4.92. The van der Waals surface area contributed by atoms with Gasteiger partial charge in [-0.25, -0.2) is 4.98 Å². The fourth-order valence-corrected chi connectivity index (χ4v) is 2.76.